The van der Waals surface area contributed by atoms with Crippen molar-refractivity contribution in [2.75, 3.05) is 25.0 Å². The Morgan fingerprint density at radius 1 is 1.25 bits per heavy atom. The van der Waals surface area contributed by atoms with E-state index in [0.29, 0.717) is 17.6 Å². The quantitative estimate of drug-likeness (QED) is 0.907. The van der Waals surface area contributed by atoms with Gasteiger partial charge in [-0.15, -0.1) is 10.2 Å². The van der Waals surface area contributed by atoms with E-state index in [1.165, 1.54) is 37.0 Å². The third kappa shape index (κ3) is 5.17. The van der Waals surface area contributed by atoms with Crippen molar-refractivity contribution in [1.29, 1.82) is 0 Å². The van der Waals surface area contributed by atoms with Gasteiger partial charge in [-0.05, 0) is 31.8 Å². The summed E-state index contributed by atoms with van der Waals surface area (Å²) in [5.41, 5.74) is 0. The van der Waals surface area contributed by atoms with E-state index in [1.807, 2.05) is 0 Å². The Balaban J connectivity index is 1.79. The second kappa shape index (κ2) is 7.69. The number of likely N-dealkylation sites (tertiary alicyclic amines) is 1. The van der Waals surface area contributed by atoms with Crippen LogP contribution in [0.4, 0.5) is 5.13 Å². The lowest BCUT2D eigenvalue weighted by atomic mass is 10.1. The predicted octanol–water partition coefficient (Wildman–Crippen LogP) is 2.55. The lowest BCUT2D eigenvalue weighted by Gasteiger charge is -2.18. The summed E-state index contributed by atoms with van der Waals surface area (Å²) in [5.74, 6) is 0.586. The van der Waals surface area contributed by atoms with E-state index >= 15 is 0 Å². The Morgan fingerprint density at radius 3 is 2.60 bits per heavy atom. The molecule has 5 nitrogen and oxygen atoms in total. The van der Waals surface area contributed by atoms with Crippen LogP contribution in [0, 0.1) is 5.92 Å². The van der Waals surface area contributed by atoms with Crippen LogP contribution in [-0.4, -0.2) is 40.6 Å². The van der Waals surface area contributed by atoms with Crippen molar-refractivity contribution in [2.24, 2.45) is 5.92 Å². The van der Waals surface area contributed by atoms with Crippen LogP contribution < -0.4 is 5.32 Å². The molecule has 1 aliphatic heterocycles. The topological polar surface area (TPSA) is 58.1 Å². The molecule has 1 fully saturated rings. The monoisotopic (exact) mass is 296 g/mol. The first kappa shape index (κ1) is 15.4. The fourth-order valence-corrected chi connectivity index (χ4v) is 3.36. The van der Waals surface area contributed by atoms with E-state index in [-0.39, 0.29) is 5.91 Å². The third-order valence-corrected chi connectivity index (χ3v) is 4.22. The lowest BCUT2D eigenvalue weighted by Crippen LogP contribution is -2.33. The van der Waals surface area contributed by atoms with Crippen molar-refractivity contribution in [3.05, 3.63) is 5.01 Å². The maximum atomic E-state index is 12.0. The molecule has 0 atom stereocenters. The molecule has 20 heavy (non-hydrogen) atoms. The number of nitrogens with zero attached hydrogens (tertiary/aromatic N) is 3. The lowest BCUT2D eigenvalue weighted by molar-refractivity contribution is -0.117. The van der Waals surface area contributed by atoms with Gasteiger partial charge < -0.3 is 0 Å². The molecule has 2 rings (SSSR count). The number of hydrogen-bond acceptors (Lipinski definition) is 5. The van der Waals surface area contributed by atoms with Crippen LogP contribution >= 0.6 is 11.3 Å². The molecule has 0 aromatic carbocycles. The van der Waals surface area contributed by atoms with E-state index in [4.69, 9.17) is 0 Å². The van der Waals surface area contributed by atoms with Gasteiger partial charge in [0.05, 0.1) is 6.54 Å². The summed E-state index contributed by atoms with van der Waals surface area (Å²) in [4.78, 5) is 14.2. The number of aromatic nitrogens is 2. The smallest absolute Gasteiger partial charge is 0.240 e. The van der Waals surface area contributed by atoms with E-state index in [1.54, 1.807) is 0 Å². The molecular formula is C14H24N4OS. The Kier molecular flexibility index (Phi) is 5.91. The van der Waals surface area contributed by atoms with Crippen LogP contribution in [-0.2, 0) is 11.2 Å². The van der Waals surface area contributed by atoms with Gasteiger partial charge in [0, 0.05) is 6.42 Å². The highest BCUT2D eigenvalue weighted by Crippen LogP contribution is 2.18. The molecule has 1 aromatic rings. The van der Waals surface area contributed by atoms with Gasteiger partial charge in [0.25, 0.3) is 0 Å². The number of hydrogen-bond donors (Lipinski definition) is 1. The summed E-state index contributed by atoms with van der Waals surface area (Å²) in [6.07, 6.45) is 5.88. The van der Waals surface area contributed by atoms with Crippen LogP contribution in [0.2, 0.25) is 0 Å². The minimum Gasteiger partial charge on any atom is -0.299 e. The van der Waals surface area contributed by atoms with Crippen molar-refractivity contribution in [3.8, 4) is 0 Å². The van der Waals surface area contributed by atoms with Gasteiger partial charge >= 0.3 is 0 Å². The van der Waals surface area contributed by atoms with Gasteiger partial charge in [-0.25, -0.2) is 0 Å². The zero-order valence-corrected chi connectivity index (χ0v) is 13.2. The molecular weight excluding hydrogens is 272 g/mol. The average molecular weight is 296 g/mol. The third-order valence-electron chi connectivity index (χ3n) is 3.36. The SMILES string of the molecule is CC(C)Cc1nnc(NC(=O)CN2CCCCCC2)s1. The molecule has 1 aromatic heterocycles. The van der Waals surface area contributed by atoms with Crippen LogP contribution in [0.15, 0.2) is 0 Å². The first-order valence-corrected chi connectivity index (χ1v) is 8.29. The average Bonchev–Trinajstić information content (AvgIpc) is 2.63. The van der Waals surface area contributed by atoms with Crippen molar-refractivity contribution in [1.82, 2.24) is 15.1 Å². The normalized spacial score (nSPS) is 17.1. The first-order chi connectivity index (χ1) is 9.63. The van der Waals surface area contributed by atoms with Gasteiger partial charge in [0.1, 0.15) is 5.01 Å². The highest BCUT2D eigenvalue weighted by atomic mass is 32.1. The van der Waals surface area contributed by atoms with Gasteiger partial charge in [-0.2, -0.15) is 0 Å². The van der Waals surface area contributed by atoms with Crippen molar-refractivity contribution >= 4 is 22.4 Å². The van der Waals surface area contributed by atoms with E-state index in [9.17, 15) is 4.79 Å². The molecule has 1 amide bonds. The summed E-state index contributed by atoms with van der Waals surface area (Å²) in [6, 6.07) is 0. The molecule has 0 radical (unpaired) electrons. The second-order valence-electron chi connectivity index (χ2n) is 5.84. The standard InChI is InChI=1S/C14H24N4OS/c1-11(2)9-13-16-17-14(20-13)15-12(19)10-18-7-5-3-4-6-8-18/h11H,3-10H2,1-2H3,(H,15,17,19). The Bertz CT molecular complexity index is 425. The largest absolute Gasteiger partial charge is 0.299 e. The fraction of sp³-hybridized carbons (Fsp3) is 0.786. The Hall–Kier alpha value is -1.01. The van der Waals surface area contributed by atoms with Gasteiger partial charge in [0.15, 0.2) is 0 Å². The molecule has 1 saturated heterocycles. The fourth-order valence-electron chi connectivity index (χ4n) is 2.39. The van der Waals surface area contributed by atoms with Crippen LogP contribution in [0.25, 0.3) is 0 Å². The number of carbonyl (C=O) groups excluding carboxylic acids is 1. The zero-order valence-electron chi connectivity index (χ0n) is 12.4. The Labute approximate surface area is 124 Å². The zero-order chi connectivity index (χ0) is 14.4. The molecule has 1 aliphatic rings. The second-order valence-corrected chi connectivity index (χ2v) is 6.90. The molecule has 0 bridgehead atoms. The van der Waals surface area contributed by atoms with Crippen LogP contribution in [0.1, 0.15) is 44.5 Å². The molecule has 1 N–H and O–H groups in total. The van der Waals surface area contributed by atoms with Crippen LogP contribution in [0.5, 0.6) is 0 Å². The molecule has 2 heterocycles. The summed E-state index contributed by atoms with van der Waals surface area (Å²) >= 11 is 1.48. The highest BCUT2D eigenvalue weighted by Gasteiger charge is 2.14. The summed E-state index contributed by atoms with van der Waals surface area (Å²) < 4.78 is 0. The molecule has 6 heteroatoms. The molecule has 0 unspecified atom stereocenters. The number of amides is 1. The summed E-state index contributed by atoms with van der Waals surface area (Å²) in [5, 5.41) is 12.6. The van der Waals surface area contributed by atoms with Crippen LogP contribution in [0.3, 0.4) is 0 Å². The molecule has 112 valence electrons. The number of carbonyl (C=O) groups is 1. The maximum absolute atomic E-state index is 12.0. The highest BCUT2D eigenvalue weighted by molar-refractivity contribution is 7.15. The van der Waals surface area contributed by atoms with Crippen molar-refractivity contribution in [2.45, 2.75) is 46.0 Å². The van der Waals surface area contributed by atoms with E-state index < -0.39 is 0 Å². The Morgan fingerprint density at radius 2 is 1.95 bits per heavy atom. The minimum absolute atomic E-state index is 0.0270. The number of anilines is 1. The first-order valence-electron chi connectivity index (χ1n) is 7.48. The maximum Gasteiger partial charge on any atom is 0.240 e. The van der Waals surface area contributed by atoms with Gasteiger partial charge in [0.2, 0.25) is 11.0 Å². The summed E-state index contributed by atoms with van der Waals surface area (Å²) in [6.45, 7) is 6.83. The predicted molar refractivity (Wildman–Crippen MR) is 82.0 cm³/mol. The molecule has 0 spiro atoms. The molecule has 0 saturated carbocycles. The van der Waals surface area contributed by atoms with Gasteiger partial charge in [-0.1, -0.05) is 38.0 Å². The number of nitrogens with one attached hydrogen (secondary N) is 1. The number of rotatable bonds is 5. The van der Waals surface area contributed by atoms with Crippen molar-refractivity contribution < 1.29 is 4.79 Å². The molecule has 0 aliphatic carbocycles. The van der Waals surface area contributed by atoms with Crippen molar-refractivity contribution in [3.63, 3.8) is 0 Å². The van der Waals surface area contributed by atoms with Gasteiger partial charge in [-0.3, -0.25) is 15.0 Å². The van der Waals surface area contributed by atoms with E-state index in [2.05, 4.69) is 34.3 Å². The summed E-state index contributed by atoms with van der Waals surface area (Å²) in [7, 11) is 0. The minimum atomic E-state index is 0.0270. The van der Waals surface area contributed by atoms with E-state index in [0.717, 1.165) is 24.5 Å².